The summed E-state index contributed by atoms with van der Waals surface area (Å²) in [6.45, 7) is 1.58. The highest BCUT2D eigenvalue weighted by atomic mass is 31.2. The van der Waals surface area contributed by atoms with Crippen LogP contribution < -0.4 is 0 Å². The second kappa shape index (κ2) is 3.36. The quantitative estimate of drug-likeness (QED) is 0.420. The summed E-state index contributed by atoms with van der Waals surface area (Å²) in [5, 5.41) is 0. The summed E-state index contributed by atoms with van der Waals surface area (Å²) in [4.78, 5) is 0. The van der Waals surface area contributed by atoms with Gasteiger partial charge in [0.1, 0.15) is 6.10 Å². The minimum Gasteiger partial charge on any atom is -0.312 e. The summed E-state index contributed by atoms with van der Waals surface area (Å²) < 4.78 is 16.7. The third-order valence-corrected chi connectivity index (χ3v) is 3.63. The van der Waals surface area contributed by atoms with E-state index in [0.29, 0.717) is 12.6 Å². The number of terminal acetylenes is 2. The predicted octanol–water partition coefficient (Wildman–Crippen LogP) is 1.57. The van der Waals surface area contributed by atoms with Crippen LogP contribution in [0.3, 0.4) is 0 Å². The van der Waals surface area contributed by atoms with E-state index in [-0.39, 0.29) is 12.0 Å². The molecule has 1 heterocycles. The molecule has 0 saturated carbocycles. The zero-order chi connectivity index (χ0) is 9.19. The molecule has 0 spiro atoms. The van der Waals surface area contributed by atoms with Gasteiger partial charge in [0, 0.05) is 18.7 Å². The molecule has 1 saturated heterocycles. The minimum absolute atomic E-state index is 0.00985. The van der Waals surface area contributed by atoms with Crippen molar-refractivity contribution in [2.45, 2.75) is 12.5 Å². The van der Waals surface area contributed by atoms with E-state index in [4.69, 9.17) is 17.4 Å². The van der Waals surface area contributed by atoms with E-state index in [0.717, 1.165) is 0 Å². The lowest BCUT2D eigenvalue weighted by Gasteiger charge is -2.28. The first-order valence-corrected chi connectivity index (χ1v) is 6.00. The highest BCUT2D eigenvalue weighted by Crippen LogP contribution is 2.50. The van der Waals surface area contributed by atoms with E-state index in [1.807, 2.05) is 0 Å². The summed E-state index contributed by atoms with van der Waals surface area (Å²) >= 11 is 0. The van der Waals surface area contributed by atoms with Gasteiger partial charge in [-0.1, -0.05) is 5.92 Å². The Balaban J connectivity index is 2.75. The van der Waals surface area contributed by atoms with Crippen molar-refractivity contribution < 1.29 is 9.09 Å². The Kier molecular flexibility index (Phi) is 2.63. The third kappa shape index (κ3) is 2.15. The second-order valence-corrected chi connectivity index (χ2v) is 5.66. The molecule has 0 aromatic heterocycles. The Bertz CT molecular complexity index is 269. The van der Waals surface area contributed by atoms with Crippen molar-refractivity contribution in [1.29, 1.82) is 0 Å². The van der Waals surface area contributed by atoms with Crippen molar-refractivity contribution in [1.82, 2.24) is 0 Å². The first-order valence-electron chi connectivity index (χ1n) is 3.74. The first kappa shape index (κ1) is 9.40. The van der Waals surface area contributed by atoms with Crippen molar-refractivity contribution in [3.63, 3.8) is 0 Å². The van der Waals surface area contributed by atoms with Crippen LogP contribution in [0.4, 0.5) is 0 Å². The van der Waals surface area contributed by atoms with Crippen LogP contribution in [0.25, 0.3) is 0 Å². The molecular weight excluding hydrogens is 171 g/mol. The van der Waals surface area contributed by atoms with E-state index in [2.05, 4.69) is 11.8 Å². The largest absolute Gasteiger partial charge is 0.312 e. The van der Waals surface area contributed by atoms with E-state index in [1.165, 1.54) is 0 Å². The molecule has 0 aromatic rings. The zero-order valence-electron chi connectivity index (χ0n) is 6.99. The number of rotatable bonds is 0. The van der Waals surface area contributed by atoms with Crippen LogP contribution in [0.5, 0.6) is 0 Å². The molecule has 3 heteroatoms. The lowest BCUT2D eigenvalue weighted by molar-refractivity contribution is 0.216. The molecule has 1 fully saturated rings. The number of hydrogen-bond donors (Lipinski definition) is 0. The third-order valence-electron chi connectivity index (χ3n) is 1.82. The average Bonchev–Trinajstić information content (AvgIpc) is 2.01. The molecule has 0 aliphatic carbocycles. The van der Waals surface area contributed by atoms with E-state index < -0.39 is 7.37 Å². The van der Waals surface area contributed by atoms with Crippen LogP contribution in [0.15, 0.2) is 0 Å². The van der Waals surface area contributed by atoms with Gasteiger partial charge in [-0.25, -0.2) is 0 Å². The van der Waals surface area contributed by atoms with Crippen LogP contribution in [-0.2, 0) is 9.09 Å². The van der Waals surface area contributed by atoms with Gasteiger partial charge < -0.3 is 4.52 Å². The van der Waals surface area contributed by atoms with Gasteiger partial charge in [-0.05, 0) is 6.42 Å². The van der Waals surface area contributed by atoms with Crippen LogP contribution in [0.1, 0.15) is 6.42 Å². The van der Waals surface area contributed by atoms with Crippen molar-refractivity contribution in [2.75, 3.05) is 12.8 Å². The lowest BCUT2D eigenvalue weighted by Crippen LogP contribution is -2.23. The molecule has 1 rings (SSSR count). The Morgan fingerprint density at radius 3 is 2.67 bits per heavy atom. The molecule has 2 nitrogen and oxygen atoms in total. The molecule has 0 amide bonds. The molecule has 1 aliphatic heterocycles. The summed E-state index contributed by atoms with van der Waals surface area (Å²) in [6, 6.07) is 0. The summed E-state index contributed by atoms with van der Waals surface area (Å²) in [5.74, 6) is 5.02. The standard InChI is InChI=1S/C9H11O2P/c1-4-8-6-9(5-2)11-12(3,10)7-8/h1-2,8-9H,6-7H2,3H3. The fourth-order valence-corrected chi connectivity index (χ4v) is 3.13. The van der Waals surface area contributed by atoms with Gasteiger partial charge >= 0.3 is 0 Å². The zero-order valence-corrected chi connectivity index (χ0v) is 7.88. The van der Waals surface area contributed by atoms with Crippen molar-refractivity contribution in [3.8, 4) is 24.7 Å². The highest BCUT2D eigenvalue weighted by Gasteiger charge is 2.32. The topological polar surface area (TPSA) is 26.3 Å². The molecule has 64 valence electrons. The fourth-order valence-electron chi connectivity index (χ4n) is 1.31. The Labute approximate surface area is 73.1 Å². The van der Waals surface area contributed by atoms with Crippen LogP contribution in [-0.4, -0.2) is 18.9 Å². The molecule has 0 aromatic carbocycles. The summed E-state index contributed by atoms with van der Waals surface area (Å²) in [7, 11) is -2.52. The lowest BCUT2D eigenvalue weighted by atomic mass is 10.1. The van der Waals surface area contributed by atoms with Crippen molar-refractivity contribution in [2.24, 2.45) is 5.92 Å². The molecule has 12 heavy (non-hydrogen) atoms. The number of hydrogen-bond acceptors (Lipinski definition) is 2. The molecule has 0 radical (unpaired) electrons. The smallest absolute Gasteiger partial charge is 0.202 e. The maximum Gasteiger partial charge on any atom is 0.202 e. The second-order valence-electron chi connectivity index (χ2n) is 3.06. The average molecular weight is 182 g/mol. The maximum absolute atomic E-state index is 11.6. The predicted molar refractivity (Wildman–Crippen MR) is 49.0 cm³/mol. The molecule has 0 bridgehead atoms. The van der Waals surface area contributed by atoms with Crippen LogP contribution in [0, 0.1) is 30.6 Å². The van der Waals surface area contributed by atoms with E-state index in [1.54, 1.807) is 6.66 Å². The van der Waals surface area contributed by atoms with Gasteiger partial charge in [0.25, 0.3) is 0 Å². The Morgan fingerprint density at radius 1 is 1.50 bits per heavy atom. The molecular formula is C9H11O2P. The van der Waals surface area contributed by atoms with Crippen molar-refractivity contribution >= 4 is 7.37 Å². The molecule has 0 N–H and O–H groups in total. The monoisotopic (exact) mass is 182 g/mol. The van der Waals surface area contributed by atoms with E-state index >= 15 is 0 Å². The molecule has 3 unspecified atom stereocenters. The Hall–Kier alpha value is -0.690. The summed E-state index contributed by atoms with van der Waals surface area (Å²) in [6.07, 6.45) is 11.1. The summed E-state index contributed by atoms with van der Waals surface area (Å²) in [5.41, 5.74) is 0. The van der Waals surface area contributed by atoms with Gasteiger partial charge in [-0.15, -0.1) is 18.8 Å². The Morgan fingerprint density at radius 2 is 2.17 bits per heavy atom. The molecule has 3 atom stereocenters. The SMILES string of the molecule is C#CC1CC(C#C)OP(C)(=O)C1. The van der Waals surface area contributed by atoms with Gasteiger partial charge in [-0.2, -0.15) is 0 Å². The minimum atomic E-state index is -2.52. The van der Waals surface area contributed by atoms with Crippen LogP contribution >= 0.6 is 7.37 Å². The van der Waals surface area contributed by atoms with Crippen molar-refractivity contribution in [3.05, 3.63) is 0 Å². The van der Waals surface area contributed by atoms with Gasteiger partial charge in [0.15, 0.2) is 0 Å². The fraction of sp³-hybridized carbons (Fsp3) is 0.556. The van der Waals surface area contributed by atoms with E-state index in [9.17, 15) is 4.57 Å². The van der Waals surface area contributed by atoms with Crippen LogP contribution in [0.2, 0.25) is 0 Å². The normalized spacial score (nSPS) is 41.2. The van der Waals surface area contributed by atoms with Gasteiger partial charge in [0.2, 0.25) is 7.37 Å². The van der Waals surface area contributed by atoms with Gasteiger partial charge in [-0.3, -0.25) is 4.57 Å². The maximum atomic E-state index is 11.6. The first-order chi connectivity index (χ1) is 5.57. The molecule has 1 aliphatic rings. The highest BCUT2D eigenvalue weighted by molar-refractivity contribution is 7.58. The van der Waals surface area contributed by atoms with Gasteiger partial charge in [0.05, 0.1) is 0 Å².